The SMILES string of the molecule is OC1CCc2cnc(C3CCCN3)n2C1. The summed E-state index contributed by atoms with van der Waals surface area (Å²) in [4.78, 5) is 4.50. The molecule has 82 valence electrons. The Kier molecular flexibility index (Phi) is 2.25. The largest absolute Gasteiger partial charge is 0.391 e. The Morgan fingerprint density at radius 2 is 2.40 bits per heavy atom. The minimum Gasteiger partial charge on any atom is -0.391 e. The fraction of sp³-hybridized carbons (Fsp3) is 0.727. The molecule has 0 bridgehead atoms. The molecule has 1 fully saturated rings. The third-order valence-corrected chi connectivity index (χ3v) is 3.47. The Morgan fingerprint density at radius 1 is 1.47 bits per heavy atom. The van der Waals surface area contributed by atoms with Crippen LogP contribution in [0.3, 0.4) is 0 Å². The molecule has 3 rings (SSSR count). The zero-order chi connectivity index (χ0) is 10.3. The molecule has 0 radical (unpaired) electrons. The Balaban J connectivity index is 1.92. The lowest BCUT2D eigenvalue weighted by atomic mass is 10.1. The molecule has 0 amide bonds. The van der Waals surface area contributed by atoms with Crippen molar-refractivity contribution in [3.63, 3.8) is 0 Å². The highest BCUT2D eigenvalue weighted by atomic mass is 16.3. The van der Waals surface area contributed by atoms with Gasteiger partial charge in [-0.05, 0) is 32.2 Å². The average molecular weight is 207 g/mol. The second-order valence-corrected chi connectivity index (χ2v) is 4.56. The maximum atomic E-state index is 9.67. The number of aryl methyl sites for hydroxylation is 1. The molecule has 3 heterocycles. The van der Waals surface area contributed by atoms with E-state index < -0.39 is 0 Å². The summed E-state index contributed by atoms with van der Waals surface area (Å²) in [5.74, 6) is 1.13. The van der Waals surface area contributed by atoms with E-state index in [1.165, 1.54) is 18.5 Å². The first-order valence-electron chi connectivity index (χ1n) is 5.80. The molecule has 4 nitrogen and oxygen atoms in total. The number of fused-ring (bicyclic) bond motifs is 1. The Bertz CT molecular complexity index is 355. The molecule has 2 unspecified atom stereocenters. The summed E-state index contributed by atoms with van der Waals surface area (Å²) < 4.78 is 2.21. The first-order chi connectivity index (χ1) is 7.34. The maximum absolute atomic E-state index is 9.67. The van der Waals surface area contributed by atoms with Crippen molar-refractivity contribution in [2.24, 2.45) is 0 Å². The lowest BCUT2D eigenvalue weighted by molar-refractivity contribution is 0.129. The molecule has 1 aromatic heterocycles. The monoisotopic (exact) mass is 207 g/mol. The third-order valence-electron chi connectivity index (χ3n) is 3.47. The van der Waals surface area contributed by atoms with Gasteiger partial charge in [-0.1, -0.05) is 0 Å². The number of hydrogen-bond donors (Lipinski definition) is 2. The van der Waals surface area contributed by atoms with E-state index in [1.54, 1.807) is 0 Å². The molecule has 2 aliphatic rings. The van der Waals surface area contributed by atoms with Gasteiger partial charge in [0.05, 0.1) is 18.7 Å². The Labute approximate surface area is 89.3 Å². The number of hydrogen-bond acceptors (Lipinski definition) is 3. The number of aromatic nitrogens is 2. The molecule has 2 aliphatic heterocycles. The summed E-state index contributed by atoms with van der Waals surface area (Å²) in [6.07, 6.45) is 6.03. The summed E-state index contributed by atoms with van der Waals surface area (Å²) >= 11 is 0. The van der Waals surface area contributed by atoms with E-state index in [9.17, 15) is 5.11 Å². The topological polar surface area (TPSA) is 50.1 Å². The highest BCUT2D eigenvalue weighted by Crippen LogP contribution is 2.26. The zero-order valence-corrected chi connectivity index (χ0v) is 8.82. The summed E-state index contributed by atoms with van der Waals surface area (Å²) in [6, 6.07) is 0.407. The van der Waals surface area contributed by atoms with Gasteiger partial charge in [0, 0.05) is 11.9 Å². The minimum atomic E-state index is -0.188. The standard InChI is InChI=1S/C11H17N3O/c15-9-4-3-8-6-13-11(14(8)7-9)10-2-1-5-12-10/h6,9-10,12,15H,1-5,7H2. The predicted octanol–water partition coefficient (Wildman–Crippen LogP) is 0.615. The van der Waals surface area contributed by atoms with Crippen molar-refractivity contribution in [2.45, 2.75) is 44.4 Å². The molecule has 15 heavy (non-hydrogen) atoms. The van der Waals surface area contributed by atoms with E-state index >= 15 is 0 Å². The summed E-state index contributed by atoms with van der Waals surface area (Å²) in [6.45, 7) is 1.82. The van der Waals surface area contributed by atoms with Crippen LogP contribution in [0.5, 0.6) is 0 Å². The Hall–Kier alpha value is -0.870. The van der Waals surface area contributed by atoms with E-state index in [2.05, 4.69) is 14.9 Å². The second-order valence-electron chi connectivity index (χ2n) is 4.56. The normalized spacial score (nSPS) is 30.5. The van der Waals surface area contributed by atoms with Gasteiger partial charge >= 0.3 is 0 Å². The van der Waals surface area contributed by atoms with Gasteiger partial charge < -0.3 is 15.0 Å². The van der Waals surface area contributed by atoms with Gasteiger partial charge in [-0.3, -0.25) is 0 Å². The van der Waals surface area contributed by atoms with Gasteiger partial charge in [-0.25, -0.2) is 4.98 Å². The van der Waals surface area contributed by atoms with Crippen LogP contribution in [-0.2, 0) is 13.0 Å². The van der Waals surface area contributed by atoms with E-state index in [0.29, 0.717) is 6.04 Å². The zero-order valence-electron chi connectivity index (χ0n) is 8.82. The van der Waals surface area contributed by atoms with Crippen molar-refractivity contribution in [3.05, 3.63) is 17.7 Å². The van der Waals surface area contributed by atoms with E-state index in [0.717, 1.165) is 31.8 Å². The summed E-state index contributed by atoms with van der Waals surface area (Å²) in [5.41, 5.74) is 1.28. The van der Waals surface area contributed by atoms with Crippen molar-refractivity contribution in [1.29, 1.82) is 0 Å². The van der Waals surface area contributed by atoms with Gasteiger partial charge in [0.2, 0.25) is 0 Å². The van der Waals surface area contributed by atoms with Crippen LogP contribution in [0.1, 0.15) is 36.8 Å². The van der Waals surface area contributed by atoms with Gasteiger partial charge in [-0.15, -0.1) is 0 Å². The van der Waals surface area contributed by atoms with Gasteiger partial charge in [-0.2, -0.15) is 0 Å². The number of nitrogens with one attached hydrogen (secondary N) is 1. The van der Waals surface area contributed by atoms with Gasteiger partial charge in [0.25, 0.3) is 0 Å². The highest BCUT2D eigenvalue weighted by molar-refractivity contribution is 5.12. The quantitative estimate of drug-likeness (QED) is 0.709. The van der Waals surface area contributed by atoms with Crippen LogP contribution < -0.4 is 5.32 Å². The van der Waals surface area contributed by atoms with Crippen LogP contribution in [0.25, 0.3) is 0 Å². The first kappa shape index (κ1) is 9.36. The lowest BCUT2D eigenvalue weighted by Crippen LogP contribution is -2.27. The number of imidazole rings is 1. The van der Waals surface area contributed by atoms with Crippen molar-refractivity contribution in [3.8, 4) is 0 Å². The van der Waals surface area contributed by atoms with Crippen LogP contribution in [0.2, 0.25) is 0 Å². The first-order valence-corrected chi connectivity index (χ1v) is 5.80. The molecular weight excluding hydrogens is 190 g/mol. The average Bonchev–Trinajstić information content (AvgIpc) is 2.83. The highest BCUT2D eigenvalue weighted by Gasteiger charge is 2.25. The van der Waals surface area contributed by atoms with Gasteiger partial charge in [0.1, 0.15) is 5.82 Å². The molecule has 0 aliphatic carbocycles. The fourth-order valence-electron chi connectivity index (χ4n) is 2.64. The molecule has 0 aromatic carbocycles. The van der Waals surface area contributed by atoms with E-state index in [-0.39, 0.29) is 6.10 Å². The lowest BCUT2D eigenvalue weighted by Gasteiger charge is -2.23. The van der Waals surface area contributed by atoms with Crippen molar-refractivity contribution >= 4 is 0 Å². The van der Waals surface area contributed by atoms with E-state index in [4.69, 9.17) is 0 Å². The van der Waals surface area contributed by atoms with Gasteiger partial charge in [0.15, 0.2) is 0 Å². The van der Waals surface area contributed by atoms with Crippen LogP contribution >= 0.6 is 0 Å². The molecule has 4 heteroatoms. The number of nitrogens with zero attached hydrogens (tertiary/aromatic N) is 2. The van der Waals surface area contributed by atoms with E-state index in [1.807, 2.05) is 6.20 Å². The molecule has 1 saturated heterocycles. The molecule has 0 saturated carbocycles. The van der Waals surface area contributed by atoms with Crippen LogP contribution in [0.4, 0.5) is 0 Å². The Morgan fingerprint density at radius 3 is 3.20 bits per heavy atom. The summed E-state index contributed by atoms with van der Waals surface area (Å²) in [7, 11) is 0. The minimum absolute atomic E-state index is 0.188. The smallest absolute Gasteiger partial charge is 0.126 e. The van der Waals surface area contributed by atoms with Crippen molar-refractivity contribution in [2.75, 3.05) is 6.54 Å². The van der Waals surface area contributed by atoms with Crippen LogP contribution in [0.15, 0.2) is 6.20 Å². The van der Waals surface area contributed by atoms with Crippen molar-refractivity contribution in [1.82, 2.24) is 14.9 Å². The molecule has 0 spiro atoms. The molecule has 1 aromatic rings. The second kappa shape index (κ2) is 3.61. The number of rotatable bonds is 1. The van der Waals surface area contributed by atoms with Crippen LogP contribution in [-0.4, -0.2) is 27.3 Å². The number of aliphatic hydroxyl groups is 1. The number of aliphatic hydroxyl groups excluding tert-OH is 1. The summed E-state index contributed by atoms with van der Waals surface area (Å²) in [5, 5.41) is 13.1. The predicted molar refractivity (Wildman–Crippen MR) is 56.5 cm³/mol. The maximum Gasteiger partial charge on any atom is 0.126 e. The van der Waals surface area contributed by atoms with Crippen LogP contribution in [0, 0.1) is 0 Å². The fourth-order valence-corrected chi connectivity index (χ4v) is 2.64. The molecule has 2 atom stereocenters. The third kappa shape index (κ3) is 1.58. The molecule has 2 N–H and O–H groups in total. The molecular formula is C11H17N3O. The van der Waals surface area contributed by atoms with Crippen molar-refractivity contribution < 1.29 is 5.11 Å².